The second-order valence-electron chi connectivity index (χ2n) is 5.89. The predicted molar refractivity (Wildman–Crippen MR) is 91.1 cm³/mol. The topological polar surface area (TPSA) is 0 Å². The highest BCUT2D eigenvalue weighted by atomic mass is 32.2. The average Bonchev–Trinajstić information content (AvgIpc) is 2.58. The molecule has 0 spiro atoms. The Labute approximate surface area is 159 Å². The fraction of sp³-hybridized carbons (Fsp3) is 0.100. The smallest absolute Gasteiger partial charge is 0.207 e. The summed E-state index contributed by atoms with van der Waals surface area (Å²) >= 11 is 0. The number of halogens is 7. The lowest BCUT2D eigenvalue weighted by atomic mass is 10.2. The van der Waals surface area contributed by atoms with Gasteiger partial charge in [0.15, 0.2) is 14.7 Å². The van der Waals surface area contributed by atoms with Crippen LogP contribution in [0.1, 0.15) is 11.1 Å². The van der Waals surface area contributed by atoms with Gasteiger partial charge in [0.05, 0.1) is 0 Å². The zero-order valence-corrected chi connectivity index (χ0v) is 15.1. The first-order chi connectivity index (χ1) is 13.1. The maximum Gasteiger partial charge on any atom is 0.424 e. The first kappa shape index (κ1) is 20.3. The van der Waals surface area contributed by atoms with E-state index in [9.17, 15) is 30.7 Å². The first-order valence-electron chi connectivity index (χ1n) is 7.91. The van der Waals surface area contributed by atoms with Gasteiger partial charge in [-0.1, -0.05) is 18.2 Å². The molecule has 3 aromatic carbocycles. The molecule has 0 bridgehead atoms. The first-order valence-corrected chi connectivity index (χ1v) is 9.13. The van der Waals surface area contributed by atoms with Gasteiger partial charge < -0.3 is 0 Å². The fourth-order valence-corrected chi connectivity index (χ4v) is 5.21. The zero-order chi connectivity index (χ0) is 20.6. The molecule has 0 nitrogen and oxygen atoms in total. The molecule has 1 unspecified atom stereocenters. The van der Waals surface area contributed by atoms with Crippen LogP contribution < -0.4 is 0 Å². The van der Waals surface area contributed by atoms with Gasteiger partial charge in [0.25, 0.3) is 0 Å². The van der Waals surface area contributed by atoms with E-state index in [4.69, 9.17) is 0 Å². The Bertz CT molecular complexity index is 1010. The largest absolute Gasteiger partial charge is 0.424 e. The van der Waals surface area contributed by atoms with E-state index in [1.165, 1.54) is 31.2 Å². The average molecular weight is 417 g/mol. The van der Waals surface area contributed by atoms with Crippen molar-refractivity contribution >= 4 is 10.9 Å². The van der Waals surface area contributed by atoms with Crippen LogP contribution in [-0.4, -0.2) is 0 Å². The summed E-state index contributed by atoms with van der Waals surface area (Å²) in [5.74, 6) is -4.97. The van der Waals surface area contributed by atoms with Crippen molar-refractivity contribution in [2.75, 3.05) is 0 Å². The lowest BCUT2D eigenvalue weighted by Crippen LogP contribution is -2.18. The molecule has 0 fully saturated rings. The third kappa shape index (κ3) is 3.87. The fourth-order valence-electron chi connectivity index (χ4n) is 2.75. The van der Waals surface area contributed by atoms with E-state index < -0.39 is 50.8 Å². The maximum absolute atomic E-state index is 14.2. The normalized spacial score (nSPS) is 12.9. The van der Waals surface area contributed by atoms with E-state index in [0.29, 0.717) is 12.1 Å². The molecule has 8 heteroatoms. The molecule has 1 atom stereocenters. The third-order valence-electron chi connectivity index (χ3n) is 3.98. The Hall–Kier alpha value is -2.48. The summed E-state index contributed by atoms with van der Waals surface area (Å²) in [6.07, 6.45) is -5.13. The molecule has 0 heterocycles. The minimum absolute atomic E-state index is 0.105. The summed E-state index contributed by atoms with van der Waals surface area (Å²) in [6, 6.07) is 9.69. The van der Waals surface area contributed by atoms with Gasteiger partial charge in [-0.05, 0) is 19.1 Å². The molecular weight excluding hydrogens is 405 g/mol. The van der Waals surface area contributed by atoms with E-state index in [-0.39, 0.29) is 21.4 Å². The van der Waals surface area contributed by atoms with Gasteiger partial charge in [-0.3, -0.25) is 0 Å². The van der Waals surface area contributed by atoms with Crippen molar-refractivity contribution in [2.45, 2.75) is 27.8 Å². The molecule has 0 N–H and O–H groups in total. The van der Waals surface area contributed by atoms with Crippen molar-refractivity contribution in [3.63, 3.8) is 0 Å². The van der Waals surface area contributed by atoms with E-state index in [1.807, 2.05) is 0 Å². The Morgan fingerprint density at radius 3 is 1.82 bits per heavy atom. The van der Waals surface area contributed by atoms with Gasteiger partial charge in [0, 0.05) is 29.8 Å². The van der Waals surface area contributed by atoms with Gasteiger partial charge in [-0.2, -0.15) is 13.2 Å². The molecule has 28 heavy (non-hydrogen) atoms. The van der Waals surface area contributed by atoms with Crippen LogP contribution in [0, 0.1) is 30.2 Å². The second-order valence-corrected chi connectivity index (χ2v) is 7.85. The van der Waals surface area contributed by atoms with Crippen molar-refractivity contribution in [1.29, 1.82) is 0 Å². The second kappa shape index (κ2) is 7.50. The predicted octanol–water partition coefficient (Wildman–Crippen LogP) is 6.67. The molecule has 0 aliphatic carbocycles. The maximum atomic E-state index is 14.2. The minimum Gasteiger partial charge on any atom is -0.207 e. The molecule has 0 amide bonds. The summed E-state index contributed by atoms with van der Waals surface area (Å²) in [6.45, 7) is 1.27. The van der Waals surface area contributed by atoms with Crippen LogP contribution >= 0.6 is 0 Å². The lowest BCUT2D eigenvalue weighted by molar-refractivity contribution is -0.142. The highest BCUT2D eigenvalue weighted by Gasteiger charge is 2.46. The van der Waals surface area contributed by atoms with E-state index >= 15 is 0 Å². The standard InChI is InChI=1S/C20H12F7S/c1-11-15(23)7-12(21)9-17(11)28(14-5-3-2-4-6-14)18-10-13(22)8-16(24)19(18)20(25,26)27/h2-10H,1H3/q+1. The molecule has 0 saturated heterocycles. The summed E-state index contributed by atoms with van der Waals surface area (Å²) in [5.41, 5.74) is -1.77. The zero-order valence-electron chi connectivity index (χ0n) is 14.3. The molecule has 146 valence electrons. The Balaban J connectivity index is 2.42. The molecule has 0 aliphatic rings. The number of rotatable bonds is 3. The molecule has 0 aromatic heterocycles. The van der Waals surface area contributed by atoms with Gasteiger partial charge in [-0.25, -0.2) is 17.6 Å². The van der Waals surface area contributed by atoms with Crippen molar-refractivity contribution in [1.82, 2.24) is 0 Å². The van der Waals surface area contributed by atoms with Crippen LogP contribution in [0.15, 0.2) is 69.3 Å². The monoisotopic (exact) mass is 417 g/mol. The SMILES string of the molecule is Cc1c(F)cc(F)cc1[S+](c1ccccc1)c1cc(F)cc(F)c1C(F)(F)F. The number of hydrogen-bond acceptors (Lipinski definition) is 0. The van der Waals surface area contributed by atoms with Gasteiger partial charge in [0.1, 0.15) is 39.7 Å². The molecule has 0 aliphatic heterocycles. The van der Waals surface area contributed by atoms with Crippen molar-refractivity contribution in [2.24, 2.45) is 0 Å². The third-order valence-corrected chi connectivity index (χ3v) is 6.35. The number of hydrogen-bond donors (Lipinski definition) is 0. The van der Waals surface area contributed by atoms with Crippen LogP contribution in [0.4, 0.5) is 30.7 Å². The van der Waals surface area contributed by atoms with Gasteiger partial charge in [0.2, 0.25) is 0 Å². The van der Waals surface area contributed by atoms with Crippen molar-refractivity contribution in [3.8, 4) is 0 Å². The lowest BCUT2D eigenvalue weighted by Gasteiger charge is -2.16. The van der Waals surface area contributed by atoms with E-state index in [1.54, 1.807) is 6.07 Å². The highest BCUT2D eigenvalue weighted by Crippen LogP contribution is 2.43. The summed E-state index contributed by atoms with van der Waals surface area (Å²) in [4.78, 5) is -0.630. The quantitative estimate of drug-likeness (QED) is 0.330. The summed E-state index contributed by atoms with van der Waals surface area (Å²) in [7, 11) is -1.81. The van der Waals surface area contributed by atoms with E-state index in [2.05, 4.69) is 0 Å². The Morgan fingerprint density at radius 2 is 1.25 bits per heavy atom. The van der Waals surface area contributed by atoms with Gasteiger partial charge in [-0.15, -0.1) is 0 Å². The van der Waals surface area contributed by atoms with Crippen LogP contribution in [0.25, 0.3) is 0 Å². The van der Waals surface area contributed by atoms with Crippen molar-refractivity contribution in [3.05, 3.63) is 89.0 Å². The van der Waals surface area contributed by atoms with Crippen molar-refractivity contribution < 1.29 is 30.7 Å². The minimum atomic E-state index is -5.13. The molecular formula is C20H12F7S+. The van der Waals surface area contributed by atoms with E-state index in [0.717, 1.165) is 6.07 Å². The van der Waals surface area contributed by atoms with Crippen LogP contribution in [0.3, 0.4) is 0 Å². The Morgan fingerprint density at radius 1 is 0.714 bits per heavy atom. The van der Waals surface area contributed by atoms with Crippen LogP contribution in [0.5, 0.6) is 0 Å². The summed E-state index contributed by atoms with van der Waals surface area (Å²) < 4.78 is 96.8. The molecule has 3 aromatic rings. The highest BCUT2D eigenvalue weighted by molar-refractivity contribution is 7.97. The number of benzene rings is 3. The van der Waals surface area contributed by atoms with Gasteiger partial charge >= 0.3 is 6.18 Å². The van der Waals surface area contributed by atoms with Crippen LogP contribution in [-0.2, 0) is 17.1 Å². The number of alkyl halides is 3. The molecule has 0 saturated carbocycles. The molecule has 0 radical (unpaired) electrons. The molecule has 3 rings (SSSR count). The van der Waals surface area contributed by atoms with Crippen LogP contribution in [0.2, 0.25) is 0 Å². The Kier molecular flexibility index (Phi) is 5.43. The summed E-state index contributed by atoms with van der Waals surface area (Å²) in [5, 5.41) is 0.